The Hall–Kier alpha value is -2.39. The van der Waals surface area contributed by atoms with E-state index >= 15 is 0 Å². The lowest BCUT2D eigenvalue weighted by atomic mass is 10.0. The molecule has 0 aliphatic rings. The summed E-state index contributed by atoms with van der Waals surface area (Å²) in [5.74, 6) is -0.892. The van der Waals surface area contributed by atoms with Gasteiger partial charge in [-0.15, -0.1) is 0 Å². The van der Waals surface area contributed by atoms with E-state index in [0.29, 0.717) is 0 Å². The number of rotatable bonds is 6. The van der Waals surface area contributed by atoms with Crippen molar-refractivity contribution < 1.29 is 15.0 Å². The number of aliphatic carboxylic acids is 1. The average Bonchev–Trinajstić information content (AvgIpc) is 2.52. The van der Waals surface area contributed by atoms with Crippen LogP contribution in [0, 0.1) is 0 Å². The molecule has 0 spiro atoms. The number of hydrogen-bond acceptors (Lipinski definition) is 2. The van der Waals surface area contributed by atoms with E-state index in [-0.39, 0.29) is 12.8 Å². The topological polar surface area (TPSA) is 57.5 Å². The Bertz CT molecular complexity index is 600. The summed E-state index contributed by atoms with van der Waals surface area (Å²) in [4.78, 5) is 10.5. The molecule has 3 nitrogen and oxygen atoms in total. The average molecular weight is 282 g/mol. The van der Waals surface area contributed by atoms with E-state index in [0.717, 1.165) is 16.7 Å². The maximum absolute atomic E-state index is 10.5. The van der Waals surface area contributed by atoms with Crippen LogP contribution in [0.4, 0.5) is 0 Å². The zero-order chi connectivity index (χ0) is 15.1. The maximum atomic E-state index is 10.5. The summed E-state index contributed by atoms with van der Waals surface area (Å²) in [6.07, 6.45) is 3.50. The molecule has 2 rings (SSSR count). The van der Waals surface area contributed by atoms with Gasteiger partial charge in [0.05, 0.1) is 6.10 Å². The maximum Gasteiger partial charge on any atom is 0.303 e. The summed E-state index contributed by atoms with van der Waals surface area (Å²) in [5, 5.41) is 18.5. The molecule has 1 unspecified atom stereocenters. The molecular weight excluding hydrogens is 264 g/mol. The van der Waals surface area contributed by atoms with Gasteiger partial charge in [-0.05, 0) is 23.1 Å². The highest BCUT2D eigenvalue weighted by atomic mass is 16.4. The smallest absolute Gasteiger partial charge is 0.303 e. The van der Waals surface area contributed by atoms with Crippen molar-refractivity contribution in [2.75, 3.05) is 0 Å². The molecule has 0 bridgehead atoms. The third-order valence-electron chi connectivity index (χ3n) is 3.22. The molecule has 0 aliphatic heterocycles. The molecule has 0 aliphatic carbocycles. The van der Waals surface area contributed by atoms with Crippen molar-refractivity contribution in [1.82, 2.24) is 0 Å². The van der Waals surface area contributed by atoms with Gasteiger partial charge in [0.2, 0.25) is 0 Å². The molecule has 0 saturated carbocycles. The minimum atomic E-state index is -0.892. The van der Waals surface area contributed by atoms with Crippen LogP contribution in [0.5, 0.6) is 0 Å². The summed E-state index contributed by atoms with van der Waals surface area (Å²) < 4.78 is 0. The van der Waals surface area contributed by atoms with Gasteiger partial charge in [0.25, 0.3) is 0 Å². The Kier molecular flexibility index (Phi) is 5.29. The van der Waals surface area contributed by atoms with Crippen LogP contribution in [-0.4, -0.2) is 16.2 Å². The third-order valence-corrected chi connectivity index (χ3v) is 3.22. The molecule has 0 radical (unpaired) electrons. The first kappa shape index (κ1) is 15.0. The van der Waals surface area contributed by atoms with Crippen LogP contribution in [0.2, 0.25) is 0 Å². The quantitative estimate of drug-likeness (QED) is 0.793. The summed E-state index contributed by atoms with van der Waals surface area (Å²) in [5.41, 5.74) is 2.91. The number of benzene rings is 2. The minimum absolute atomic E-state index is 0.0309. The molecule has 0 heterocycles. The van der Waals surface area contributed by atoms with Gasteiger partial charge < -0.3 is 10.2 Å². The van der Waals surface area contributed by atoms with Gasteiger partial charge >= 0.3 is 5.97 Å². The van der Waals surface area contributed by atoms with Crippen LogP contribution in [0.3, 0.4) is 0 Å². The van der Waals surface area contributed by atoms with Crippen LogP contribution in [-0.2, 0) is 4.79 Å². The molecule has 0 fully saturated rings. The van der Waals surface area contributed by atoms with Crippen molar-refractivity contribution in [2.45, 2.75) is 18.9 Å². The lowest BCUT2D eigenvalue weighted by Crippen LogP contribution is -2.02. The number of carbonyl (C=O) groups is 1. The highest BCUT2D eigenvalue weighted by Gasteiger charge is 2.09. The van der Waals surface area contributed by atoms with E-state index in [4.69, 9.17) is 5.11 Å². The van der Waals surface area contributed by atoms with E-state index in [1.54, 1.807) is 0 Å². The summed E-state index contributed by atoms with van der Waals surface area (Å²) in [6, 6.07) is 17.5. The van der Waals surface area contributed by atoms with Crippen LogP contribution >= 0.6 is 0 Å². The molecule has 0 saturated heterocycles. The highest BCUT2D eigenvalue weighted by molar-refractivity contribution is 5.69. The van der Waals surface area contributed by atoms with Crippen molar-refractivity contribution >= 4 is 18.1 Å². The number of carboxylic acids is 1. The summed E-state index contributed by atoms with van der Waals surface area (Å²) >= 11 is 0. The van der Waals surface area contributed by atoms with Gasteiger partial charge in [-0.25, -0.2) is 0 Å². The van der Waals surface area contributed by atoms with E-state index in [2.05, 4.69) is 0 Å². The lowest BCUT2D eigenvalue weighted by molar-refractivity contribution is -0.137. The van der Waals surface area contributed by atoms with E-state index in [1.165, 1.54) is 0 Å². The highest BCUT2D eigenvalue weighted by Crippen LogP contribution is 2.19. The second-order valence-corrected chi connectivity index (χ2v) is 4.86. The molecule has 0 amide bonds. The van der Waals surface area contributed by atoms with Gasteiger partial charge in [0, 0.05) is 6.42 Å². The molecule has 2 N–H and O–H groups in total. The fourth-order valence-corrected chi connectivity index (χ4v) is 2.01. The van der Waals surface area contributed by atoms with Crippen LogP contribution in [0.1, 0.15) is 35.6 Å². The van der Waals surface area contributed by atoms with Crippen molar-refractivity contribution in [1.29, 1.82) is 0 Å². The Morgan fingerprint density at radius 3 is 2.10 bits per heavy atom. The fraction of sp³-hybridized carbons (Fsp3) is 0.167. The number of aliphatic hydroxyl groups excluding tert-OH is 1. The van der Waals surface area contributed by atoms with Crippen LogP contribution < -0.4 is 0 Å². The lowest BCUT2D eigenvalue weighted by Gasteiger charge is -2.09. The molecular formula is C18H18O3. The first-order valence-electron chi connectivity index (χ1n) is 6.88. The predicted octanol–water partition coefficient (Wildman–Crippen LogP) is 3.76. The summed E-state index contributed by atoms with van der Waals surface area (Å²) in [6.45, 7) is 0. The number of carboxylic acid groups (broad SMARTS) is 1. The summed E-state index contributed by atoms with van der Waals surface area (Å²) in [7, 11) is 0. The van der Waals surface area contributed by atoms with E-state index < -0.39 is 12.1 Å². The Morgan fingerprint density at radius 1 is 0.952 bits per heavy atom. The van der Waals surface area contributed by atoms with Gasteiger partial charge in [0.15, 0.2) is 0 Å². The molecule has 108 valence electrons. The monoisotopic (exact) mass is 282 g/mol. The molecule has 3 heteroatoms. The molecule has 21 heavy (non-hydrogen) atoms. The minimum Gasteiger partial charge on any atom is -0.481 e. The zero-order valence-electron chi connectivity index (χ0n) is 11.6. The normalized spacial score (nSPS) is 12.4. The van der Waals surface area contributed by atoms with Crippen LogP contribution in [0.25, 0.3) is 12.2 Å². The number of hydrogen-bond donors (Lipinski definition) is 2. The van der Waals surface area contributed by atoms with Gasteiger partial charge in [-0.3, -0.25) is 4.79 Å². The third kappa shape index (κ3) is 4.89. The van der Waals surface area contributed by atoms with Gasteiger partial charge in [0.1, 0.15) is 0 Å². The molecule has 1 atom stereocenters. The van der Waals surface area contributed by atoms with Crippen LogP contribution in [0.15, 0.2) is 54.6 Å². The van der Waals surface area contributed by atoms with Crippen molar-refractivity contribution in [2.24, 2.45) is 0 Å². The Labute approximate surface area is 124 Å². The first-order valence-corrected chi connectivity index (χ1v) is 6.88. The van der Waals surface area contributed by atoms with Crippen molar-refractivity contribution in [3.63, 3.8) is 0 Å². The van der Waals surface area contributed by atoms with E-state index in [9.17, 15) is 9.90 Å². The Balaban J connectivity index is 1.98. The van der Waals surface area contributed by atoms with E-state index in [1.807, 2.05) is 66.7 Å². The standard InChI is InChI=1S/C18H18O3/c19-17(12-13-18(20)21)16-10-8-15(9-11-16)7-6-14-4-2-1-3-5-14/h1-11,17,19H,12-13H2,(H,20,21)/b7-6+. The van der Waals surface area contributed by atoms with Crippen molar-refractivity contribution in [3.8, 4) is 0 Å². The van der Waals surface area contributed by atoms with Gasteiger partial charge in [-0.2, -0.15) is 0 Å². The predicted molar refractivity (Wildman–Crippen MR) is 83.6 cm³/mol. The second kappa shape index (κ2) is 7.41. The molecule has 2 aromatic carbocycles. The van der Waals surface area contributed by atoms with Gasteiger partial charge in [-0.1, -0.05) is 66.7 Å². The largest absolute Gasteiger partial charge is 0.481 e. The molecule has 0 aromatic heterocycles. The number of aliphatic hydroxyl groups is 1. The fourth-order valence-electron chi connectivity index (χ4n) is 2.01. The zero-order valence-corrected chi connectivity index (χ0v) is 11.6. The SMILES string of the molecule is O=C(O)CCC(O)c1ccc(/C=C/c2ccccc2)cc1. The second-order valence-electron chi connectivity index (χ2n) is 4.86. The Morgan fingerprint density at radius 2 is 1.52 bits per heavy atom. The first-order chi connectivity index (χ1) is 10.1. The molecule has 2 aromatic rings. The van der Waals surface area contributed by atoms with Crippen molar-refractivity contribution in [3.05, 3.63) is 71.3 Å².